The van der Waals surface area contributed by atoms with Gasteiger partial charge in [0.2, 0.25) is 0 Å². The summed E-state index contributed by atoms with van der Waals surface area (Å²) < 4.78 is 10.6. The normalized spacial score (nSPS) is 44.1. The highest BCUT2D eigenvalue weighted by atomic mass is 16.5. The zero-order valence-electron chi connectivity index (χ0n) is 13.9. The molecule has 4 heteroatoms. The Bertz CT molecular complexity index is 397. The first-order valence-corrected chi connectivity index (χ1v) is 9.05. The highest BCUT2D eigenvalue weighted by molar-refractivity contribution is 5.87. The number of aliphatic hydroxyl groups excluding tert-OH is 1. The standard InChI is InChI=1S/C9H16O2.C9H14O2/c2*1-2-11-5-7-6-3-4-8(10)9(6)7/h6-10H,2-5H2,1H3;6-7,9H,2-5H2,1H3/t6-,7?,8?,9-;6-,7?,9-/m00/s1. The number of aliphatic hydroxyl groups is 1. The lowest BCUT2D eigenvalue weighted by atomic mass is 10.1. The third-order valence-corrected chi connectivity index (χ3v) is 6.09. The van der Waals surface area contributed by atoms with Crippen LogP contribution in [0.5, 0.6) is 0 Å². The van der Waals surface area contributed by atoms with E-state index in [-0.39, 0.29) is 6.10 Å². The number of hydrogen-bond acceptors (Lipinski definition) is 4. The number of carbonyl (C=O) groups excluding carboxylic acids is 1. The molecule has 4 nitrogen and oxygen atoms in total. The highest BCUT2D eigenvalue weighted by Gasteiger charge is 2.58. The second kappa shape index (κ2) is 6.98. The third kappa shape index (κ3) is 3.24. The van der Waals surface area contributed by atoms with E-state index in [0.29, 0.717) is 35.4 Å². The average Bonchev–Trinajstić information content (AvgIpc) is 3.31. The maximum atomic E-state index is 11.1. The Morgan fingerprint density at radius 2 is 1.68 bits per heavy atom. The van der Waals surface area contributed by atoms with Gasteiger partial charge in [0.25, 0.3) is 0 Å². The molecule has 0 aliphatic heterocycles. The molecule has 7 atom stereocenters. The summed E-state index contributed by atoms with van der Waals surface area (Å²) in [6, 6.07) is 0. The molecule has 4 aliphatic rings. The third-order valence-electron chi connectivity index (χ3n) is 6.09. The molecular formula is C18H30O4. The number of Topliss-reactive ketones (excluding diaryl/α,β-unsaturated/α-hetero) is 1. The monoisotopic (exact) mass is 310 g/mol. The molecule has 0 bridgehead atoms. The quantitative estimate of drug-likeness (QED) is 0.818. The maximum absolute atomic E-state index is 11.1. The van der Waals surface area contributed by atoms with E-state index in [1.165, 1.54) is 6.42 Å². The van der Waals surface area contributed by atoms with Crippen molar-refractivity contribution in [2.45, 2.75) is 45.6 Å². The minimum absolute atomic E-state index is 0.00884. The fourth-order valence-electron chi connectivity index (χ4n) is 4.77. The van der Waals surface area contributed by atoms with Crippen molar-refractivity contribution in [3.63, 3.8) is 0 Å². The summed E-state index contributed by atoms with van der Waals surface area (Å²) in [5.74, 6) is 4.28. The molecule has 4 aliphatic carbocycles. The molecule has 0 aromatic carbocycles. The second-order valence-electron chi connectivity index (χ2n) is 7.23. The van der Waals surface area contributed by atoms with Gasteiger partial charge in [-0.3, -0.25) is 4.79 Å². The van der Waals surface area contributed by atoms with Crippen LogP contribution in [0.15, 0.2) is 0 Å². The Balaban J connectivity index is 0.000000131. The van der Waals surface area contributed by atoms with Crippen LogP contribution in [0.3, 0.4) is 0 Å². The van der Waals surface area contributed by atoms with Crippen molar-refractivity contribution in [1.29, 1.82) is 0 Å². The molecule has 4 fully saturated rings. The molecule has 126 valence electrons. The smallest absolute Gasteiger partial charge is 0.136 e. The van der Waals surface area contributed by atoms with Crippen LogP contribution in [0.25, 0.3) is 0 Å². The van der Waals surface area contributed by atoms with E-state index in [1.54, 1.807) is 0 Å². The summed E-state index contributed by atoms with van der Waals surface area (Å²) in [4.78, 5) is 11.1. The van der Waals surface area contributed by atoms with E-state index < -0.39 is 0 Å². The van der Waals surface area contributed by atoms with Gasteiger partial charge in [0, 0.05) is 25.6 Å². The number of rotatable bonds is 6. The minimum Gasteiger partial charge on any atom is -0.393 e. The average molecular weight is 310 g/mol. The molecule has 1 N–H and O–H groups in total. The van der Waals surface area contributed by atoms with Gasteiger partial charge < -0.3 is 14.6 Å². The molecule has 0 saturated heterocycles. The predicted molar refractivity (Wildman–Crippen MR) is 83.4 cm³/mol. The number of carbonyl (C=O) groups is 1. The first-order chi connectivity index (χ1) is 10.7. The minimum atomic E-state index is -0.00884. The summed E-state index contributed by atoms with van der Waals surface area (Å²) >= 11 is 0. The van der Waals surface area contributed by atoms with Crippen LogP contribution < -0.4 is 0 Å². The topological polar surface area (TPSA) is 55.8 Å². The summed E-state index contributed by atoms with van der Waals surface area (Å²) in [6.45, 7) is 7.31. The molecule has 0 radical (unpaired) electrons. The molecule has 0 heterocycles. The van der Waals surface area contributed by atoms with Gasteiger partial charge in [0.05, 0.1) is 19.3 Å². The lowest BCUT2D eigenvalue weighted by Gasteiger charge is -2.06. The van der Waals surface area contributed by atoms with Crippen LogP contribution in [0, 0.1) is 35.5 Å². The Labute approximate surface area is 133 Å². The summed E-state index contributed by atoms with van der Waals surface area (Å²) in [5.41, 5.74) is 0. The van der Waals surface area contributed by atoms with Crippen molar-refractivity contribution in [3.8, 4) is 0 Å². The van der Waals surface area contributed by atoms with Crippen LogP contribution in [-0.4, -0.2) is 43.4 Å². The number of hydrogen-bond donors (Lipinski definition) is 1. The van der Waals surface area contributed by atoms with Gasteiger partial charge in [0.1, 0.15) is 5.78 Å². The van der Waals surface area contributed by atoms with Crippen molar-refractivity contribution in [2.75, 3.05) is 26.4 Å². The van der Waals surface area contributed by atoms with Crippen molar-refractivity contribution in [2.24, 2.45) is 35.5 Å². The fourth-order valence-corrected chi connectivity index (χ4v) is 4.77. The zero-order valence-corrected chi connectivity index (χ0v) is 13.9. The second-order valence-corrected chi connectivity index (χ2v) is 7.23. The first kappa shape index (κ1) is 16.4. The van der Waals surface area contributed by atoms with Crippen molar-refractivity contribution in [3.05, 3.63) is 0 Å². The molecule has 22 heavy (non-hydrogen) atoms. The van der Waals surface area contributed by atoms with E-state index in [2.05, 4.69) is 0 Å². The Morgan fingerprint density at radius 3 is 2.18 bits per heavy atom. The van der Waals surface area contributed by atoms with Crippen LogP contribution in [0.2, 0.25) is 0 Å². The summed E-state index contributed by atoms with van der Waals surface area (Å²) in [5, 5.41) is 9.45. The van der Waals surface area contributed by atoms with Gasteiger partial charge in [-0.1, -0.05) is 0 Å². The predicted octanol–water partition coefficient (Wildman–Crippen LogP) is 2.29. The van der Waals surface area contributed by atoms with Gasteiger partial charge >= 0.3 is 0 Å². The molecule has 4 rings (SSSR count). The SMILES string of the molecule is CCOCC1[C@H]2C(=O)CC[C@@H]12.CCOCC1[C@H]2C(O)CC[C@@H]12. The number of fused-ring (bicyclic) bond motifs is 2. The lowest BCUT2D eigenvalue weighted by Crippen LogP contribution is -2.10. The Hall–Kier alpha value is -0.450. The fraction of sp³-hybridized carbons (Fsp3) is 0.944. The maximum Gasteiger partial charge on any atom is 0.136 e. The van der Waals surface area contributed by atoms with Crippen LogP contribution in [-0.2, 0) is 14.3 Å². The van der Waals surface area contributed by atoms with Crippen LogP contribution >= 0.6 is 0 Å². The summed E-state index contributed by atoms with van der Waals surface area (Å²) in [6.07, 6.45) is 4.20. The van der Waals surface area contributed by atoms with E-state index in [1.807, 2.05) is 13.8 Å². The zero-order chi connectivity index (χ0) is 15.7. The molecule has 0 spiro atoms. The Kier molecular flexibility index (Phi) is 5.20. The molecule has 0 amide bonds. The van der Waals surface area contributed by atoms with Crippen LogP contribution in [0.1, 0.15) is 39.5 Å². The van der Waals surface area contributed by atoms with Gasteiger partial charge in [-0.2, -0.15) is 0 Å². The first-order valence-electron chi connectivity index (χ1n) is 9.05. The van der Waals surface area contributed by atoms with E-state index >= 15 is 0 Å². The Morgan fingerprint density at radius 1 is 1.00 bits per heavy atom. The molecule has 3 unspecified atom stereocenters. The van der Waals surface area contributed by atoms with Gasteiger partial charge in [0.15, 0.2) is 0 Å². The van der Waals surface area contributed by atoms with Gasteiger partial charge in [-0.05, 0) is 62.7 Å². The number of ether oxygens (including phenoxy) is 2. The number of ketones is 1. The van der Waals surface area contributed by atoms with Crippen molar-refractivity contribution in [1.82, 2.24) is 0 Å². The lowest BCUT2D eigenvalue weighted by molar-refractivity contribution is -0.119. The molecular weight excluding hydrogens is 280 g/mol. The van der Waals surface area contributed by atoms with E-state index in [0.717, 1.165) is 51.6 Å². The van der Waals surface area contributed by atoms with Gasteiger partial charge in [-0.25, -0.2) is 0 Å². The van der Waals surface area contributed by atoms with Crippen molar-refractivity contribution < 1.29 is 19.4 Å². The molecule has 0 aromatic heterocycles. The van der Waals surface area contributed by atoms with Crippen molar-refractivity contribution >= 4 is 5.78 Å². The van der Waals surface area contributed by atoms with E-state index in [4.69, 9.17) is 9.47 Å². The molecule has 0 aromatic rings. The largest absolute Gasteiger partial charge is 0.393 e. The van der Waals surface area contributed by atoms with E-state index in [9.17, 15) is 9.90 Å². The molecule has 4 saturated carbocycles. The highest BCUT2D eigenvalue weighted by Crippen LogP contribution is 2.57. The summed E-state index contributed by atoms with van der Waals surface area (Å²) in [7, 11) is 0. The van der Waals surface area contributed by atoms with Crippen LogP contribution in [0.4, 0.5) is 0 Å². The van der Waals surface area contributed by atoms with Gasteiger partial charge in [-0.15, -0.1) is 0 Å².